The van der Waals surface area contributed by atoms with Crippen molar-refractivity contribution >= 4 is 0 Å². The molecule has 0 radical (unpaired) electrons. The summed E-state index contributed by atoms with van der Waals surface area (Å²) >= 11 is 0. The molecule has 0 amide bonds. The van der Waals surface area contributed by atoms with Crippen molar-refractivity contribution in [1.82, 2.24) is 0 Å². The number of rotatable bonds is 9. The Bertz CT molecular complexity index is 377. The Hall–Kier alpha value is -1.20. The van der Waals surface area contributed by atoms with Crippen molar-refractivity contribution < 1.29 is 19.3 Å². The molecular formula is C16H24O4. The van der Waals surface area contributed by atoms with E-state index in [0.29, 0.717) is 6.61 Å². The largest absolute Gasteiger partial charge is 0.387 e. The van der Waals surface area contributed by atoms with E-state index < -0.39 is 12.2 Å². The quantitative estimate of drug-likeness (QED) is 0.558. The number of ether oxygens (including phenoxy) is 3. The molecule has 4 nitrogen and oxygen atoms in total. The minimum atomic E-state index is -0.745. The maximum Gasteiger partial charge on any atom is 0.147 e. The first kappa shape index (κ1) is 16.9. The Morgan fingerprint density at radius 1 is 1.20 bits per heavy atom. The van der Waals surface area contributed by atoms with E-state index in [2.05, 4.69) is 0 Å². The summed E-state index contributed by atoms with van der Waals surface area (Å²) in [6.07, 6.45) is 2.11. The standard InChI is InChI=1S/C16H24O4/c1-4-8-15(20-12-18-3)16(17)13(2)19-11-14-9-6-5-7-10-14/h4-10,13,15-17H,11-12H2,1-3H3/b8-4+/t13-,15-,16+/m0/s1. The van der Waals surface area contributed by atoms with Gasteiger partial charge in [-0.1, -0.05) is 42.5 Å². The smallest absolute Gasteiger partial charge is 0.147 e. The fourth-order valence-electron chi connectivity index (χ4n) is 1.77. The van der Waals surface area contributed by atoms with Crippen LogP contribution < -0.4 is 0 Å². The predicted molar refractivity (Wildman–Crippen MR) is 78.3 cm³/mol. The number of hydrogen-bond acceptors (Lipinski definition) is 4. The molecule has 0 spiro atoms. The maximum atomic E-state index is 10.3. The van der Waals surface area contributed by atoms with Crippen molar-refractivity contribution in [2.75, 3.05) is 13.9 Å². The first-order valence-corrected chi connectivity index (χ1v) is 6.76. The van der Waals surface area contributed by atoms with Crippen molar-refractivity contribution in [1.29, 1.82) is 0 Å². The lowest BCUT2D eigenvalue weighted by molar-refractivity contribution is -0.131. The van der Waals surface area contributed by atoms with Gasteiger partial charge < -0.3 is 19.3 Å². The van der Waals surface area contributed by atoms with E-state index in [4.69, 9.17) is 14.2 Å². The van der Waals surface area contributed by atoms with Gasteiger partial charge in [0, 0.05) is 7.11 Å². The van der Waals surface area contributed by atoms with Gasteiger partial charge in [-0.3, -0.25) is 0 Å². The first-order valence-electron chi connectivity index (χ1n) is 6.76. The third-order valence-electron chi connectivity index (χ3n) is 2.93. The zero-order valence-electron chi connectivity index (χ0n) is 12.4. The number of hydrogen-bond donors (Lipinski definition) is 1. The predicted octanol–water partition coefficient (Wildman–Crippen LogP) is 2.52. The lowest BCUT2D eigenvalue weighted by Crippen LogP contribution is -2.38. The van der Waals surface area contributed by atoms with E-state index in [9.17, 15) is 5.11 Å². The highest BCUT2D eigenvalue weighted by atomic mass is 16.7. The monoisotopic (exact) mass is 280 g/mol. The van der Waals surface area contributed by atoms with Crippen molar-refractivity contribution in [3.05, 3.63) is 48.0 Å². The molecule has 0 aliphatic heterocycles. The van der Waals surface area contributed by atoms with E-state index in [-0.39, 0.29) is 12.9 Å². The summed E-state index contributed by atoms with van der Waals surface area (Å²) in [4.78, 5) is 0. The van der Waals surface area contributed by atoms with E-state index >= 15 is 0 Å². The third kappa shape index (κ3) is 5.84. The number of benzene rings is 1. The summed E-state index contributed by atoms with van der Waals surface area (Å²) in [6.45, 7) is 4.31. The number of methoxy groups -OCH3 is 1. The SMILES string of the molecule is C/C=C/[C@H](OCOC)[C@H](O)[C@H](C)OCc1ccccc1. The molecule has 0 aliphatic carbocycles. The molecule has 1 aromatic rings. The molecular weight excluding hydrogens is 256 g/mol. The molecule has 0 unspecified atom stereocenters. The zero-order chi connectivity index (χ0) is 14.8. The molecule has 112 valence electrons. The Kier molecular flexibility index (Phi) is 8.14. The third-order valence-corrected chi connectivity index (χ3v) is 2.93. The second-order valence-electron chi connectivity index (χ2n) is 4.56. The summed E-state index contributed by atoms with van der Waals surface area (Å²) in [5.41, 5.74) is 1.08. The molecule has 0 saturated carbocycles. The minimum absolute atomic E-state index is 0.136. The molecule has 0 heterocycles. The molecule has 0 saturated heterocycles. The van der Waals surface area contributed by atoms with Crippen LogP contribution in [0.1, 0.15) is 19.4 Å². The summed E-state index contributed by atoms with van der Waals surface area (Å²) in [5.74, 6) is 0. The molecule has 20 heavy (non-hydrogen) atoms. The van der Waals surface area contributed by atoms with Crippen LogP contribution in [0.2, 0.25) is 0 Å². The van der Waals surface area contributed by atoms with Crippen LogP contribution in [0.25, 0.3) is 0 Å². The van der Waals surface area contributed by atoms with Gasteiger partial charge in [0.25, 0.3) is 0 Å². The average molecular weight is 280 g/mol. The van der Waals surface area contributed by atoms with Gasteiger partial charge in [0.05, 0.1) is 12.7 Å². The second-order valence-corrected chi connectivity index (χ2v) is 4.56. The van der Waals surface area contributed by atoms with Gasteiger partial charge in [-0.25, -0.2) is 0 Å². The Morgan fingerprint density at radius 3 is 2.50 bits per heavy atom. The van der Waals surface area contributed by atoms with Gasteiger partial charge in [-0.05, 0) is 19.4 Å². The van der Waals surface area contributed by atoms with Crippen molar-refractivity contribution in [2.24, 2.45) is 0 Å². The zero-order valence-corrected chi connectivity index (χ0v) is 12.4. The fraction of sp³-hybridized carbons (Fsp3) is 0.500. The normalized spacial score (nSPS) is 16.2. The fourth-order valence-corrected chi connectivity index (χ4v) is 1.77. The summed E-state index contributed by atoms with van der Waals surface area (Å²) in [6, 6.07) is 9.87. The van der Waals surface area contributed by atoms with Gasteiger partial charge in [0.15, 0.2) is 0 Å². The van der Waals surface area contributed by atoms with Gasteiger partial charge in [-0.2, -0.15) is 0 Å². The Balaban J connectivity index is 2.48. The van der Waals surface area contributed by atoms with Crippen LogP contribution in [0.3, 0.4) is 0 Å². The lowest BCUT2D eigenvalue weighted by atomic mass is 10.1. The van der Waals surface area contributed by atoms with Gasteiger partial charge >= 0.3 is 0 Å². The topological polar surface area (TPSA) is 47.9 Å². The Morgan fingerprint density at radius 2 is 1.90 bits per heavy atom. The van der Waals surface area contributed by atoms with Gasteiger partial charge in [0.2, 0.25) is 0 Å². The highest BCUT2D eigenvalue weighted by Crippen LogP contribution is 2.12. The van der Waals surface area contributed by atoms with Crippen LogP contribution >= 0.6 is 0 Å². The number of allylic oxidation sites excluding steroid dienone is 1. The van der Waals surface area contributed by atoms with E-state index in [1.54, 1.807) is 13.2 Å². The molecule has 1 rings (SSSR count). The van der Waals surface area contributed by atoms with E-state index in [0.717, 1.165) is 5.56 Å². The van der Waals surface area contributed by atoms with Crippen LogP contribution in [0.4, 0.5) is 0 Å². The molecule has 0 aliphatic rings. The summed E-state index contributed by atoms with van der Waals surface area (Å²) < 4.78 is 16.0. The van der Waals surface area contributed by atoms with Crippen LogP contribution in [0.5, 0.6) is 0 Å². The van der Waals surface area contributed by atoms with Crippen LogP contribution in [-0.4, -0.2) is 37.3 Å². The molecule has 4 heteroatoms. The van der Waals surface area contributed by atoms with Crippen LogP contribution in [-0.2, 0) is 20.8 Å². The van der Waals surface area contributed by atoms with Crippen molar-refractivity contribution in [3.8, 4) is 0 Å². The maximum absolute atomic E-state index is 10.3. The summed E-state index contributed by atoms with van der Waals surface area (Å²) in [5, 5.41) is 10.3. The molecule has 1 aromatic carbocycles. The lowest BCUT2D eigenvalue weighted by Gasteiger charge is -2.25. The van der Waals surface area contributed by atoms with E-state index in [1.165, 1.54) is 0 Å². The van der Waals surface area contributed by atoms with Gasteiger partial charge in [0.1, 0.15) is 19.0 Å². The molecule has 0 bridgehead atoms. The second kappa shape index (κ2) is 9.66. The van der Waals surface area contributed by atoms with Crippen molar-refractivity contribution in [2.45, 2.75) is 38.8 Å². The highest BCUT2D eigenvalue weighted by molar-refractivity contribution is 5.13. The Labute approximate surface area is 121 Å². The first-order chi connectivity index (χ1) is 9.69. The van der Waals surface area contributed by atoms with Crippen LogP contribution in [0.15, 0.2) is 42.5 Å². The van der Waals surface area contributed by atoms with Crippen LogP contribution in [0, 0.1) is 0 Å². The molecule has 3 atom stereocenters. The number of aliphatic hydroxyl groups excluding tert-OH is 1. The van der Waals surface area contributed by atoms with Crippen molar-refractivity contribution in [3.63, 3.8) is 0 Å². The van der Waals surface area contributed by atoms with E-state index in [1.807, 2.05) is 50.3 Å². The summed E-state index contributed by atoms with van der Waals surface area (Å²) in [7, 11) is 1.55. The molecule has 0 fully saturated rings. The van der Waals surface area contributed by atoms with Gasteiger partial charge in [-0.15, -0.1) is 0 Å². The molecule has 1 N–H and O–H groups in total. The number of aliphatic hydroxyl groups is 1. The average Bonchev–Trinajstić information content (AvgIpc) is 2.49. The molecule has 0 aromatic heterocycles. The minimum Gasteiger partial charge on any atom is -0.387 e. The highest BCUT2D eigenvalue weighted by Gasteiger charge is 2.24.